The quantitative estimate of drug-likeness (QED) is 0.863. The van der Waals surface area contributed by atoms with Gasteiger partial charge < -0.3 is 15.4 Å². The SMILES string of the molecule is CSCCC(N)C(=O)N1CCC(Oc2ccncc2)CC1. The van der Waals surface area contributed by atoms with Crippen LogP contribution in [-0.4, -0.2) is 53.0 Å². The lowest BCUT2D eigenvalue weighted by Gasteiger charge is -2.33. The number of aromatic nitrogens is 1. The molecule has 1 aliphatic heterocycles. The molecule has 116 valence electrons. The first-order valence-electron chi connectivity index (χ1n) is 7.30. The number of amides is 1. The maximum atomic E-state index is 12.2. The number of nitrogens with zero attached hydrogens (tertiary/aromatic N) is 2. The van der Waals surface area contributed by atoms with E-state index in [1.165, 1.54) is 0 Å². The Morgan fingerprint density at radius 3 is 2.76 bits per heavy atom. The summed E-state index contributed by atoms with van der Waals surface area (Å²) >= 11 is 1.72. The van der Waals surface area contributed by atoms with Crippen LogP contribution in [0.4, 0.5) is 0 Å². The minimum Gasteiger partial charge on any atom is -0.490 e. The first-order valence-corrected chi connectivity index (χ1v) is 8.70. The summed E-state index contributed by atoms with van der Waals surface area (Å²) in [4.78, 5) is 18.1. The number of likely N-dealkylation sites (tertiary alicyclic amines) is 1. The Hall–Kier alpha value is -1.27. The molecule has 2 rings (SSSR count). The van der Waals surface area contributed by atoms with E-state index in [4.69, 9.17) is 10.5 Å². The van der Waals surface area contributed by atoms with Crippen molar-refractivity contribution in [2.45, 2.75) is 31.4 Å². The average Bonchev–Trinajstić information content (AvgIpc) is 2.53. The minimum absolute atomic E-state index is 0.0754. The second-order valence-corrected chi connectivity index (χ2v) is 6.20. The predicted molar refractivity (Wildman–Crippen MR) is 85.4 cm³/mol. The summed E-state index contributed by atoms with van der Waals surface area (Å²) < 4.78 is 5.90. The maximum Gasteiger partial charge on any atom is 0.239 e. The number of rotatable bonds is 6. The Labute approximate surface area is 130 Å². The Morgan fingerprint density at radius 2 is 2.14 bits per heavy atom. The van der Waals surface area contributed by atoms with E-state index < -0.39 is 0 Å². The van der Waals surface area contributed by atoms with E-state index in [1.807, 2.05) is 23.3 Å². The molecule has 1 fully saturated rings. The molecule has 6 heteroatoms. The van der Waals surface area contributed by atoms with Gasteiger partial charge in [0.15, 0.2) is 0 Å². The highest BCUT2D eigenvalue weighted by molar-refractivity contribution is 7.98. The Bertz CT molecular complexity index is 436. The Kier molecular flexibility index (Phi) is 6.32. The molecule has 1 aliphatic rings. The van der Waals surface area contributed by atoms with Gasteiger partial charge in [-0.05, 0) is 30.6 Å². The predicted octanol–water partition coefficient (Wildman–Crippen LogP) is 1.53. The van der Waals surface area contributed by atoms with Gasteiger partial charge in [-0.1, -0.05) is 0 Å². The van der Waals surface area contributed by atoms with Crippen molar-refractivity contribution in [2.24, 2.45) is 5.73 Å². The molecular formula is C15H23N3O2S. The number of hydrogen-bond acceptors (Lipinski definition) is 5. The van der Waals surface area contributed by atoms with Crippen LogP contribution in [0.5, 0.6) is 5.75 Å². The van der Waals surface area contributed by atoms with E-state index in [-0.39, 0.29) is 18.1 Å². The molecule has 2 heterocycles. The summed E-state index contributed by atoms with van der Waals surface area (Å²) in [6.45, 7) is 1.45. The highest BCUT2D eigenvalue weighted by atomic mass is 32.2. The smallest absolute Gasteiger partial charge is 0.239 e. The van der Waals surface area contributed by atoms with Gasteiger partial charge in [0.25, 0.3) is 0 Å². The lowest BCUT2D eigenvalue weighted by Crippen LogP contribution is -2.48. The number of thioether (sulfide) groups is 1. The number of carbonyl (C=O) groups excluding carboxylic acids is 1. The van der Waals surface area contributed by atoms with E-state index in [9.17, 15) is 4.79 Å². The fourth-order valence-corrected chi connectivity index (χ4v) is 2.90. The first kappa shape index (κ1) is 16.1. The van der Waals surface area contributed by atoms with Crippen LogP contribution in [0.25, 0.3) is 0 Å². The number of nitrogens with two attached hydrogens (primary N) is 1. The molecule has 2 N–H and O–H groups in total. The molecule has 0 aliphatic carbocycles. The third kappa shape index (κ3) is 4.89. The molecule has 0 spiro atoms. The van der Waals surface area contributed by atoms with Gasteiger partial charge in [-0.2, -0.15) is 11.8 Å². The van der Waals surface area contributed by atoms with E-state index in [0.717, 1.165) is 43.9 Å². The van der Waals surface area contributed by atoms with E-state index in [2.05, 4.69) is 4.98 Å². The summed E-state index contributed by atoms with van der Waals surface area (Å²) in [7, 11) is 0. The number of carbonyl (C=O) groups is 1. The van der Waals surface area contributed by atoms with Gasteiger partial charge in [-0.3, -0.25) is 9.78 Å². The maximum absolute atomic E-state index is 12.2. The fraction of sp³-hybridized carbons (Fsp3) is 0.600. The van der Waals surface area contributed by atoms with Crippen LogP contribution < -0.4 is 10.5 Å². The number of ether oxygens (including phenoxy) is 1. The zero-order valence-electron chi connectivity index (χ0n) is 12.4. The van der Waals surface area contributed by atoms with Crippen LogP contribution >= 0.6 is 11.8 Å². The lowest BCUT2D eigenvalue weighted by molar-refractivity contribution is -0.134. The molecule has 0 saturated carbocycles. The van der Waals surface area contributed by atoms with Crippen molar-refractivity contribution in [2.75, 3.05) is 25.1 Å². The molecule has 0 aromatic carbocycles. The highest BCUT2D eigenvalue weighted by Crippen LogP contribution is 2.18. The molecule has 1 aromatic rings. The van der Waals surface area contributed by atoms with E-state index >= 15 is 0 Å². The monoisotopic (exact) mass is 309 g/mol. The second-order valence-electron chi connectivity index (χ2n) is 5.21. The molecule has 21 heavy (non-hydrogen) atoms. The lowest BCUT2D eigenvalue weighted by atomic mass is 10.1. The summed E-state index contributed by atoms with van der Waals surface area (Å²) in [6, 6.07) is 3.35. The number of hydrogen-bond donors (Lipinski definition) is 1. The van der Waals surface area contributed by atoms with Crippen LogP contribution in [0.2, 0.25) is 0 Å². The van der Waals surface area contributed by atoms with Crippen molar-refractivity contribution in [3.63, 3.8) is 0 Å². The van der Waals surface area contributed by atoms with E-state index in [0.29, 0.717) is 0 Å². The molecule has 1 amide bonds. The van der Waals surface area contributed by atoms with Gasteiger partial charge in [0.1, 0.15) is 11.9 Å². The summed E-state index contributed by atoms with van der Waals surface area (Å²) in [5.41, 5.74) is 5.95. The average molecular weight is 309 g/mol. The van der Waals surface area contributed by atoms with Gasteiger partial charge in [-0.25, -0.2) is 0 Å². The molecule has 1 atom stereocenters. The van der Waals surface area contributed by atoms with Crippen molar-refractivity contribution in [1.82, 2.24) is 9.88 Å². The van der Waals surface area contributed by atoms with Crippen molar-refractivity contribution >= 4 is 17.7 Å². The van der Waals surface area contributed by atoms with Crippen molar-refractivity contribution in [1.29, 1.82) is 0 Å². The van der Waals surface area contributed by atoms with Gasteiger partial charge in [0.2, 0.25) is 5.91 Å². The minimum atomic E-state index is -0.366. The summed E-state index contributed by atoms with van der Waals surface area (Å²) in [6.07, 6.45) is 8.08. The zero-order chi connectivity index (χ0) is 15.1. The summed E-state index contributed by atoms with van der Waals surface area (Å²) in [5, 5.41) is 0. The summed E-state index contributed by atoms with van der Waals surface area (Å²) in [5.74, 6) is 1.84. The van der Waals surface area contributed by atoms with Crippen molar-refractivity contribution in [3.05, 3.63) is 24.5 Å². The van der Waals surface area contributed by atoms with Gasteiger partial charge in [-0.15, -0.1) is 0 Å². The zero-order valence-corrected chi connectivity index (χ0v) is 13.2. The molecule has 5 nitrogen and oxygen atoms in total. The van der Waals surface area contributed by atoms with Crippen LogP contribution in [0, 0.1) is 0 Å². The molecule has 1 aromatic heterocycles. The van der Waals surface area contributed by atoms with Crippen LogP contribution in [0.15, 0.2) is 24.5 Å². The van der Waals surface area contributed by atoms with Crippen LogP contribution in [0.3, 0.4) is 0 Å². The Balaban J connectivity index is 1.76. The molecule has 0 bridgehead atoms. The third-order valence-electron chi connectivity index (χ3n) is 3.66. The van der Waals surface area contributed by atoms with Crippen molar-refractivity contribution < 1.29 is 9.53 Å². The molecule has 1 unspecified atom stereocenters. The third-order valence-corrected chi connectivity index (χ3v) is 4.30. The van der Waals surface area contributed by atoms with Crippen LogP contribution in [0.1, 0.15) is 19.3 Å². The van der Waals surface area contributed by atoms with Gasteiger partial charge in [0.05, 0.1) is 6.04 Å². The standard InChI is InChI=1S/C15H23N3O2S/c1-21-11-6-14(16)15(19)18-9-4-13(5-10-18)20-12-2-7-17-8-3-12/h2-3,7-8,13-14H,4-6,9-11,16H2,1H3. The first-order chi connectivity index (χ1) is 10.2. The van der Waals surface area contributed by atoms with Crippen molar-refractivity contribution in [3.8, 4) is 5.75 Å². The van der Waals surface area contributed by atoms with Gasteiger partial charge in [0, 0.05) is 38.3 Å². The molecular weight excluding hydrogens is 286 g/mol. The molecule has 0 radical (unpaired) electrons. The highest BCUT2D eigenvalue weighted by Gasteiger charge is 2.26. The normalized spacial score (nSPS) is 17.5. The fourth-order valence-electron chi connectivity index (χ4n) is 2.41. The second kappa shape index (κ2) is 8.24. The Morgan fingerprint density at radius 1 is 1.48 bits per heavy atom. The van der Waals surface area contributed by atoms with Gasteiger partial charge >= 0.3 is 0 Å². The number of piperidine rings is 1. The topological polar surface area (TPSA) is 68.5 Å². The largest absolute Gasteiger partial charge is 0.490 e. The van der Waals surface area contributed by atoms with Crippen LogP contribution in [-0.2, 0) is 4.79 Å². The molecule has 1 saturated heterocycles. The number of pyridine rings is 1. The van der Waals surface area contributed by atoms with E-state index in [1.54, 1.807) is 24.2 Å².